The highest BCUT2D eigenvalue weighted by molar-refractivity contribution is 6.30. The van der Waals surface area contributed by atoms with E-state index in [1.165, 1.54) is 11.1 Å². The van der Waals surface area contributed by atoms with E-state index in [4.69, 9.17) is 16.3 Å². The van der Waals surface area contributed by atoms with Crippen molar-refractivity contribution in [2.24, 2.45) is 0 Å². The number of ether oxygens (including phenoxy) is 1. The Kier molecular flexibility index (Phi) is 6.34. The number of carbonyl (C=O) groups excluding carboxylic acids is 1. The van der Waals surface area contributed by atoms with Gasteiger partial charge in [0.15, 0.2) is 5.82 Å². The molecule has 0 unspecified atom stereocenters. The van der Waals surface area contributed by atoms with Crippen molar-refractivity contribution in [3.63, 3.8) is 0 Å². The molecule has 0 saturated heterocycles. The second kappa shape index (κ2) is 9.49. The third kappa shape index (κ3) is 5.53. The maximum atomic E-state index is 12.6. The number of nitrogens with zero attached hydrogens (tertiary/aromatic N) is 2. The SMILES string of the molecule is Cc1ccccc1Cn1ccc(NC(=O)c2ccc(COc3ccc(Cl)cc3)cc2)n1. The first-order chi connectivity index (χ1) is 15.1. The smallest absolute Gasteiger partial charge is 0.256 e. The van der Waals surface area contributed by atoms with E-state index in [0.29, 0.717) is 29.6 Å². The summed E-state index contributed by atoms with van der Waals surface area (Å²) in [6, 6.07) is 24.5. The molecule has 0 aliphatic heterocycles. The van der Waals surface area contributed by atoms with Gasteiger partial charge in [0.1, 0.15) is 12.4 Å². The van der Waals surface area contributed by atoms with Gasteiger partial charge in [-0.2, -0.15) is 5.10 Å². The molecule has 0 fully saturated rings. The number of rotatable bonds is 7. The lowest BCUT2D eigenvalue weighted by atomic mass is 10.1. The van der Waals surface area contributed by atoms with Gasteiger partial charge in [0.25, 0.3) is 5.91 Å². The largest absolute Gasteiger partial charge is 0.489 e. The van der Waals surface area contributed by atoms with Gasteiger partial charge >= 0.3 is 0 Å². The number of halogens is 1. The lowest BCUT2D eigenvalue weighted by Gasteiger charge is -2.08. The van der Waals surface area contributed by atoms with Gasteiger partial charge in [-0.3, -0.25) is 9.48 Å². The average molecular weight is 432 g/mol. The number of hydrogen-bond acceptors (Lipinski definition) is 3. The minimum Gasteiger partial charge on any atom is -0.489 e. The van der Waals surface area contributed by atoms with Crippen LogP contribution in [0.3, 0.4) is 0 Å². The zero-order chi connectivity index (χ0) is 21.6. The van der Waals surface area contributed by atoms with Crippen molar-refractivity contribution < 1.29 is 9.53 Å². The van der Waals surface area contributed by atoms with Crippen LogP contribution in [-0.4, -0.2) is 15.7 Å². The molecule has 0 aliphatic carbocycles. The van der Waals surface area contributed by atoms with E-state index in [1.54, 1.807) is 30.3 Å². The maximum absolute atomic E-state index is 12.6. The molecule has 31 heavy (non-hydrogen) atoms. The van der Waals surface area contributed by atoms with Gasteiger partial charge in [-0.15, -0.1) is 0 Å². The molecule has 4 rings (SSSR count). The molecule has 5 nitrogen and oxygen atoms in total. The molecular formula is C25H22ClN3O2. The topological polar surface area (TPSA) is 56.2 Å². The van der Waals surface area contributed by atoms with E-state index in [1.807, 2.05) is 47.3 Å². The first-order valence-corrected chi connectivity index (χ1v) is 10.3. The zero-order valence-corrected chi connectivity index (χ0v) is 17.8. The highest BCUT2D eigenvalue weighted by Gasteiger charge is 2.09. The Hall–Kier alpha value is -3.57. The Morgan fingerprint density at radius 2 is 1.74 bits per heavy atom. The Labute approximate surface area is 186 Å². The fraction of sp³-hybridized carbons (Fsp3) is 0.120. The van der Waals surface area contributed by atoms with Gasteiger partial charge in [0.05, 0.1) is 6.54 Å². The van der Waals surface area contributed by atoms with Gasteiger partial charge in [-0.1, -0.05) is 48.0 Å². The molecule has 6 heteroatoms. The number of nitrogens with one attached hydrogen (secondary N) is 1. The molecule has 1 aromatic heterocycles. The normalized spacial score (nSPS) is 10.6. The number of aromatic nitrogens is 2. The molecule has 4 aromatic rings. The third-order valence-corrected chi connectivity index (χ3v) is 5.16. The van der Waals surface area contributed by atoms with Gasteiger partial charge in [-0.25, -0.2) is 0 Å². The summed E-state index contributed by atoms with van der Waals surface area (Å²) in [5.41, 5.74) is 3.93. The van der Waals surface area contributed by atoms with E-state index < -0.39 is 0 Å². The molecule has 1 N–H and O–H groups in total. The summed E-state index contributed by atoms with van der Waals surface area (Å²) in [7, 11) is 0. The Morgan fingerprint density at radius 1 is 1.00 bits per heavy atom. The lowest BCUT2D eigenvalue weighted by molar-refractivity contribution is 0.102. The number of carbonyl (C=O) groups is 1. The molecular weight excluding hydrogens is 410 g/mol. The maximum Gasteiger partial charge on any atom is 0.256 e. The standard InChI is InChI=1S/C25H22ClN3O2/c1-18-4-2-3-5-21(18)16-29-15-14-24(28-29)27-25(30)20-8-6-19(7-9-20)17-31-23-12-10-22(26)11-13-23/h2-15H,16-17H2,1H3,(H,27,28,30). The fourth-order valence-corrected chi connectivity index (χ4v) is 3.24. The van der Waals surface area contributed by atoms with Crippen LogP contribution in [0.25, 0.3) is 0 Å². The molecule has 1 heterocycles. The summed E-state index contributed by atoms with van der Waals surface area (Å²) < 4.78 is 7.55. The van der Waals surface area contributed by atoms with Gasteiger partial charge in [0, 0.05) is 22.8 Å². The first-order valence-electron chi connectivity index (χ1n) is 9.93. The second-order valence-electron chi connectivity index (χ2n) is 7.22. The molecule has 0 atom stereocenters. The second-order valence-corrected chi connectivity index (χ2v) is 7.66. The van der Waals surface area contributed by atoms with Crippen molar-refractivity contribution >= 4 is 23.3 Å². The van der Waals surface area contributed by atoms with Crippen molar-refractivity contribution in [2.45, 2.75) is 20.1 Å². The summed E-state index contributed by atoms with van der Waals surface area (Å²) in [5.74, 6) is 1.06. The Balaban J connectivity index is 1.33. The van der Waals surface area contributed by atoms with Crippen LogP contribution in [-0.2, 0) is 13.2 Å². The van der Waals surface area contributed by atoms with E-state index in [-0.39, 0.29) is 5.91 Å². The molecule has 1 amide bonds. The predicted octanol–water partition coefficient (Wildman–Crippen LogP) is 5.72. The summed E-state index contributed by atoms with van der Waals surface area (Å²) in [6.45, 7) is 3.14. The van der Waals surface area contributed by atoms with Gasteiger partial charge in [-0.05, 0) is 60.0 Å². The van der Waals surface area contributed by atoms with E-state index in [2.05, 4.69) is 29.5 Å². The highest BCUT2D eigenvalue weighted by atomic mass is 35.5. The van der Waals surface area contributed by atoms with E-state index in [0.717, 1.165) is 11.3 Å². The molecule has 3 aromatic carbocycles. The summed E-state index contributed by atoms with van der Waals surface area (Å²) >= 11 is 5.88. The first kappa shape index (κ1) is 20.7. The van der Waals surface area contributed by atoms with Crippen molar-refractivity contribution in [1.29, 1.82) is 0 Å². The quantitative estimate of drug-likeness (QED) is 0.407. The minimum absolute atomic E-state index is 0.202. The molecule has 0 radical (unpaired) electrons. The van der Waals surface area contributed by atoms with Crippen LogP contribution < -0.4 is 10.1 Å². The van der Waals surface area contributed by atoms with Crippen LogP contribution >= 0.6 is 11.6 Å². The van der Waals surface area contributed by atoms with Crippen LogP contribution in [0.1, 0.15) is 27.0 Å². The van der Waals surface area contributed by atoms with Crippen LogP contribution in [0.4, 0.5) is 5.82 Å². The van der Waals surface area contributed by atoms with Crippen LogP contribution in [0.15, 0.2) is 85.1 Å². The van der Waals surface area contributed by atoms with Crippen LogP contribution in [0.5, 0.6) is 5.75 Å². The molecule has 0 bridgehead atoms. The fourth-order valence-electron chi connectivity index (χ4n) is 3.12. The van der Waals surface area contributed by atoms with Crippen molar-refractivity contribution in [3.05, 3.63) is 112 Å². The third-order valence-electron chi connectivity index (χ3n) is 4.91. The van der Waals surface area contributed by atoms with Crippen LogP contribution in [0.2, 0.25) is 5.02 Å². The Morgan fingerprint density at radius 3 is 2.48 bits per heavy atom. The number of hydrogen-bond donors (Lipinski definition) is 1. The average Bonchev–Trinajstić information content (AvgIpc) is 3.22. The van der Waals surface area contributed by atoms with Gasteiger partial charge in [0.2, 0.25) is 0 Å². The highest BCUT2D eigenvalue weighted by Crippen LogP contribution is 2.17. The molecule has 0 aliphatic rings. The van der Waals surface area contributed by atoms with Crippen molar-refractivity contribution in [3.8, 4) is 5.75 Å². The number of benzene rings is 3. The van der Waals surface area contributed by atoms with E-state index >= 15 is 0 Å². The van der Waals surface area contributed by atoms with Gasteiger partial charge < -0.3 is 10.1 Å². The number of aryl methyl sites for hydroxylation is 1. The molecule has 0 spiro atoms. The van der Waals surface area contributed by atoms with Crippen molar-refractivity contribution in [1.82, 2.24) is 9.78 Å². The minimum atomic E-state index is -0.202. The van der Waals surface area contributed by atoms with Crippen LogP contribution in [0, 0.1) is 6.92 Å². The number of anilines is 1. The molecule has 0 saturated carbocycles. The van der Waals surface area contributed by atoms with E-state index in [9.17, 15) is 4.79 Å². The Bertz CT molecular complexity index is 1170. The lowest BCUT2D eigenvalue weighted by Crippen LogP contribution is -2.13. The summed E-state index contributed by atoms with van der Waals surface area (Å²) in [6.07, 6.45) is 1.86. The summed E-state index contributed by atoms with van der Waals surface area (Å²) in [5, 5.41) is 7.97. The summed E-state index contributed by atoms with van der Waals surface area (Å²) in [4.78, 5) is 12.6. The van der Waals surface area contributed by atoms with Crippen molar-refractivity contribution in [2.75, 3.05) is 5.32 Å². The zero-order valence-electron chi connectivity index (χ0n) is 17.1. The predicted molar refractivity (Wildman–Crippen MR) is 123 cm³/mol. The monoisotopic (exact) mass is 431 g/mol. The molecule has 156 valence electrons. The number of amides is 1.